The van der Waals surface area contributed by atoms with Gasteiger partial charge in [0.15, 0.2) is 17.5 Å². The summed E-state index contributed by atoms with van der Waals surface area (Å²) in [6, 6.07) is 32.1. The van der Waals surface area contributed by atoms with Gasteiger partial charge in [-0.1, -0.05) is 66.7 Å². The highest BCUT2D eigenvalue weighted by Crippen LogP contribution is 2.36. The van der Waals surface area contributed by atoms with Gasteiger partial charge in [-0.15, -0.1) is 0 Å². The van der Waals surface area contributed by atoms with Crippen LogP contribution in [-0.4, -0.2) is 39.9 Å². The summed E-state index contributed by atoms with van der Waals surface area (Å²) in [6.07, 6.45) is 6.82. The molecular weight excluding hydrogens is 520 g/mol. The van der Waals surface area contributed by atoms with Crippen LogP contribution < -0.4 is 0 Å². The normalized spacial score (nSPS) is 11.3. The van der Waals surface area contributed by atoms with E-state index in [1.807, 2.05) is 54.6 Å². The monoisotopic (exact) mass is 540 g/mol. The number of benzene rings is 3. The molecule has 3 aromatic carbocycles. The van der Waals surface area contributed by atoms with Gasteiger partial charge in [-0.05, 0) is 41.1 Å². The molecule has 0 radical (unpaired) electrons. The molecular formula is C34H20N8. The van der Waals surface area contributed by atoms with Crippen LogP contribution in [0.15, 0.2) is 122 Å². The summed E-state index contributed by atoms with van der Waals surface area (Å²) >= 11 is 0. The molecule has 0 spiro atoms. The fraction of sp³-hybridized carbons (Fsp3) is 0. The third-order valence-corrected chi connectivity index (χ3v) is 7.14. The predicted octanol–water partition coefficient (Wildman–Crippen LogP) is 6.97. The average molecular weight is 541 g/mol. The molecule has 0 bridgehead atoms. The Kier molecular flexibility index (Phi) is 5.60. The van der Waals surface area contributed by atoms with Gasteiger partial charge in [0, 0.05) is 28.6 Å². The van der Waals surface area contributed by atoms with Gasteiger partial charge in [0.1, 0.15) is 22.8 Å². The van der Waals surface area contributed by atoms with Gasteiger partial charge in [0.25, 0.3) is 0 Å². The lowest BCUT2D eigenvalue weighted by atomic mass is 9.97. The molecule has 42 heavy (non-hydrogen) atoms. The molecule has 0 N–H and O–H groups in total. The average Bonchev–Trinajstić information content (AvgIpc) is 3.08. The number of aromatic nitrogens is 8. The Balaban J connectivity index is 1.28. The molecule has 8 rings (SSSR count). The first-order chi connectivity index (χ1) is 20.8. The van der Waals surface area contributed by atoms with Crippen LogP contribution in [0, 0.1) is 0 Å². The van der Waals surface area contributed by atoms with Crippen LogP contribution in [0.1, 0.15) is 0 Å². The second-order valence-corrected chi connectivity index (χ2v) is 9.71. The number of para-hydroxylation sites is 1. The van der Waals surface area contributed by atoms with E-state index in [0.717, 1.165) is 27.4 Å². The van der Waals surface area contributed by atoms with E-state index in [0.29, 0.717) is 40.2 Å². The highest BCUT2D eigenvalue weighted by atomic mass is 15.1. The minimum atomic E-state index is 0.382. The first-order valence-electron chi connectivity index (χ1n) is 13.4. The van der Waals surface area contributed by atoms with E-state index in [2.05, 4.69) is 57.4 Å². The number of pyridine rings is 3. The quantitative estimate of drug-likeness (QED) is 0.220. The Morgan fingerprint density at radius 3 is 1.64 bits per heavy atom. The smallest absolute Gasteiger partial charge is 0.184 e. The van der Waals surface area contributed by atoms with Crippen LogP contribution in [0.2, 0.25) is 0 Å². The van der Waals surface area contributed by atoms with Crippen molar-refractivity contribution in [2.45, 2.75) is 0 Å². The predicted molar refractivity (Wildman–Crippen MR) is 163 cm³/mol. The van der Waals surface area contributed by atoms with E-state index in [-0.39, 0.29) is 0 Å². The molecule has 0 saturated carbocycles. The van der Waals surface area contributed by atoms with Crippen LogP contribution in [0.5, 0.6) is 0 Å². The summed E-state index contributed by atoms with van der Waals surface area (Å²) < 4.78 is 0. The number of fused-ring (bicyclic) bond motifs is 5. The van der Waals surface area contributed by atoms with Crippen molar-refractivity contribution in [2.75, 3.05) is 0 Å². The van der Waals surface area contributed by atoms with Crippen molar-refractivity contribution < 1.29 is 0 Å². The van der Waals surface area contributed by atoms with Gasteiger partial charge >= 0.3 is 0 Å². The fourth-order valence-corrected chi connectivity index (χ4v) is 5.19. The van der Waals surface area contributed by atoms with Crippen LogP contribution in [0.3, 0.4) is 0 Å². The maximum Gasteiger partial charge on any atom is 0.184 e. The molecule has 8 nitrogen and oxygen atoms in total. The maximum atomic E-state index is 5.03. The standard InChI is InChI=1S/C34H20N8/c1-2-10-22-21(9-1)15-16-24-30(22)23-11-3-4-12-25(23)39-31(24)28-19-38-29(20-37-28)34-41-32(26-13-5-7-17-35-26)40-33(42-34)27-14-6-8-18-36-27/h1-20H. The molecule has 0 fully saturated rings. The number of hydrogen-bond donors (Lipinski definition) is 0. The Bertz CT molecular complexity index is 2160. The molecule has 5 heterocycles. The Hall–Kier alpha value is -6.02. The lowest BCUT2D eigenvalue weighted by Crippen LogP contribution is -2.03. The third kappa shape index (κ3) is 4.10. The number of rotatable bonds is 4. The summed E-state index contributed by atoms with van der Waals surface area (Å²) in [7, 11) is 0. The van der Waals surface area contributed by atoms with Gasteiger partial charge in [0.2, 0.25) is 0 Å². The largest absolute Gasteiger partial charge is 0.253 e. The Morgan fingerprint density at radius 1 is 0.381 bits per heavy atom. The van der Waals surface area contributed by atoms with E-state index in [1.54, 1.807) is 24.8 Å². The zero-order valence-electron chi connectivity index (χ0n) is 22.1. The molecule has 0 aliphatic carbocycles. The van der Waals surface area contributed by atoms with Crippen LogP contribution in [-0.2, 0) is 0 Å². The Morgan fingerprint density at radius 2 is 0.976 bits per heavy atom. The maximum absolute atomic E-state index is 5.03. The molecule has 0 amide bonds. The first-order valence-corrected chi connectivity index (χ1v) is 13.4. The number of nitrogens with zero attached hydrogens (tertiary/aromatic N) is 8. The summed E-state index contributed by atoms with van der Waals surface area (Å²) in [4.78, 5) is 37.5. The van der Waals surface area contributed by atoms with Crippen molar-refractivity contribution in [3.63, 3.8) is 0 Å². The van der Waals surface area contributed by atoms with Crippen LogP contribution >= 0.6 is 0 Å². The topological polar surface area (TPSA) is 103 Å². The summed E-state index contributed by atoms with van der Waals surface area (Å²) in [5.41, 5.74) is 4.09. The van der Waals surface area contributed by atoms with Crippen LogP contribution in [0.25, 0.3) is 78.4 Å². The minimum absolute atomic E-state index is 0.382. The molecule has 0 aliphatic heterocycles. The van der Waals surface area contributed by atoms with E-state index >= 15 is 0 Å². The number of hydrogen-bond acceptors (Lipinski definition) is 8. The lowest BCUT2D eigenvalue weighted by molar-refractivity contribution is 1.03. The first kappa shape index (κ1) is 23.8. The molecule has 0 aliphatic rings. The van der Waals surface area contributed by atoms with Crippen LogP contribution in [0.4, 0.5) is 0 Å². The zero-order valence-corrected chi connectivity index (χ0v) is 22.1. The fourth-order valence-electron chi connectivity index (χ4n) is 5.19. The minimum Gasteiger partial charge on any atom is -0.253 e. The molecule has 196 valence electrons. The summed E-state index contributed by atoms with van der Waals surface area (Å²) in [5.74, 6) is 1.25. The van der Waals surface area contributed by atoms with E-state index < -0.39 is 0 Å². The van der Waals surface area contributed by atoms with Gasteiger partial charge in [0.05, 0.1) is 23.6 Å². The van der Waals surface area contributed by atoms with Crippen molar-refractivity contribution in [3.05, 3.63) is 122 Å². The van der Waals surface area contributed by atoms with E-state index in [4.69, 9.17) is 24.9 Å². The van der Waals surface area contributed by atoms with Gasteiger partial charge in [-0.3, -0.25) is 15.0 Å². The third-order valence-electron chi connectivity index (χ3n) is 7.14. The molecule has 0 unspecified atom stereocenters. The zero-order chi connectivity index (χ0) is 27.9. The molecule has 8 heteroatoms. The SMILES string of the molecule is c1ccc(-c2nc(-c3ccccn3)nc(-c3cnc(-c4nc5ccccc5c5c4ccc4ccccc45)cn3)n2)nc1. The molecule has 5 aromatic heterocycles. The van der Waals surface area contributed by atoms with Crippen molar-refractivity contribution in [2.24, 2.45) is 0 Å². The van der Waals surface area contributed by atoms with Gasteiger partial charge < -0.3 is 0 Å². The van der Waals surface area contributed by atoms with Crippen molar-refractivity contribution in [3.8, 4) is 45.9 Å². The highest BCUT2D eigenvalue weighted by molar-refractivity contribution is 6.22. The van der Waals surface area contributed by atoms with Crippen molar-refractivity contribution >= 4 is 32.4 Å². The van der Waals surface area contributed by atoms with E-state index in [1.165, 1.54) is 10.8 Å². The second-order valence-electron chi connectivity index (χ2n) is 9.71. The molecule has 8 aromatic rings. The Labute approximate surface area is 239 Å². The van der Waals surface area contributed by atoms with Gasteiger partial charge in [-0.25, -0.2) is 24.9 Å². The highest BCUT2D eigenvalue weighted by Gasteiger charge is 2.17. The second kappa shape index (κ2) is 9.87. The van der Waals surface area contributed by atoms with Crippen molar-refractivity contribution in [1.82, 2.24) is 39.9 Å². The summed E-state index contributed by atoms with van der Waals surface area (Å²) in [6.45, 7) is 0. The van der Waals surface area contributed by atoms with Gasteiger partial charge in [-0.2, -0.15) is 0 Å². The lowest BCUT2D eigenvalue weighted by Gasteiger charge is -2.12. The summed E-state index contributed by atoms with van der Waals surface area (Å²) in [5, 5.41) is 5.62. The van der Waals surface area contributed by atoms with E-state index in [9.17, 15) is 0 Å². The van der Waals surface area contributed by atoms with Crippen molar-refractivity contribution in [1.29, 1.82) is 0 Å². The molecule has 0 atom stereocenters. The molecule has 0 saturated heterocycles.